The lowest BCUT2D eigenvalue weighted by atomic mass is 9.84. The first-order chi connectivity index (χ1) is 14.1. The summed E-state index contributed by atoms with van der Waals surface area (Å²) < 4.78 is 11.3. The van der Waals surface area contributed by atoms with Crippen molar-refractivity contribution in [3.8, 4) is 17.2 Å². The van der Waals surface area contributed by atoms with Crippen LogP contribution in [0.2, 0.25) is 5.02 Å². The number of nitrogens with one attached hydrogen (secondary N) is 1. The minimum atomic E-state index is -1.14. The highest BCUT2D eigenvalue weighted by atomic mass is 35.5. The van der Waals surface area contributed by atoms with Crippen LogP contribution in [0.4, 0.5) is 4.79 Å². The molecule has 3 heterocycles. The molecule has 3 amide bonds. The van der Waals surface area contributed by atoms with Gasteiger partial charge in [-0.15, -0.1) is 10.2 Å². The van der Waals surface area contributed by atoms with E-state index >= 15 is 0 Å². The van der Waals surface area contributed by atoms with Crippen molar-refractivity contribution < 1.29 is 18.7 Å². The fourth-order valence-electron chi connectivity index (χ4n) is 3.71. The second-order valence-electron chi connectivity index (χ2n) is 6.80. The molecule has 1 aromatic heterocycles. The van der Waals surface area contributed by atoms with E-state index in [1.807, 2.05) is 12.1 Å². The van der Waals surface area contributed by atoms with Crippen molar-refractivity contribution in [2.75, 3.05) is 6.61 Å². The van der Waals surface area contributed by atoms with Gasteiger partial charge in [0.1, 0.15) is 12.3 Å². The minimum Gasteiger partial charge on any atom is -0.493 e. The number of hydrogen-bond acceptors (Lipinski definition) is 6. The van der Waals surface area contributed by atoms with Crippen molar-refractivity contribution in [3.05, 3.63) is 65.0 Å². The summed E-state index contributed by atoms with van der Waals surface area (Å²) in [6, 6.07) is 13.8. The van der Waals surface area contributed by atoms with Crippen LogP contribution in [-0.2, 0) is 16.9 Å². The predicted molar refractivity (Wildman–Crippen MR) is 102 cm³/mol. The Balaban J connectivity index is 1.44. The molecule has 3 aromatic rings. The smallest absolute Gasteiger partial charge is 0.325 e. The monoisotopic (exact) mass is 410 g/mol. The number of benzene rings is 2. The highest BCUT2D eigenvalue weighted by molar-refractivity contribution is 6.33. The third-order valence-electron chi connectivity index (χ3n) is 5.12. The van der Waals surface area contributed by atoms with Crippen LogP contribution >= 0.6 is 11.6 Å². The van der Waals surface area contributed by atoms with Crippen LogP contribution in [0, 0.1) is 0 Å². The van der Waals surface area contributed by atoms with Gasteiger partial charge in [0.25, 0.3) is 5.91 Å². The molecule has 5 rings (SSSR count). The number of para-hydroxylation sites is 1. The van der Waals surface area contributed by atoms with E-state index in [9.17, 15) is 9.59 Å². The van der Waals surface area contributed by atoms with Crippen molar-refractivity contribution >= 4 is 23.5 Å². The fourth-order valence-corrected chi connectivity index (χ4v) is 3.93. The molecule has 1 fully saturated rings. The molecule has 29 heavy (non-hydrogen) atoms. The molecule has 8 nitrogen and oxygen atoms in total. The van der Waals surface area contributed by atoms with E-state index in [1.54, 1.807) is 36.4 Å². The fraction of sp³-hybridized carbons (Fsp3) is 0.200. The number of hydrogen-bond donors (Lipinski definition) is 1. The molecule has 2 aliphatic rings. The molecule has 9 heteroatoms. The number of carbonyl (C=O) groups excluding carboxylic acids is 2. The summed E-state index contributed by atoms with van der Waals surface area (Å²) in [5.41, 5.74) is 0.0895. The van der Waals surface area contributed by atoms with Crippen LogP contribution in [0.15, 0.2) is 52.9 Å². The average molecular weight is 411 g/mol. The van der Waals surface area contributed by atoms with Crippen molar-refractivity contribution in [2.24, 2.45) is 0 Å². The summed E-state index contributed by atoms with van der Waals surface area (Å²) in [6.07, 6.45) is 0.347. The van der Waals surface area contributed by atoms with Crippen LogP contribution in [0.1, 0.15) is 17.9 Å². The maximum absolute atomic E-state index is 13.3. The van der Waals surface area contributed by atoms with Gasteiger partial charge in [-0.3, -0.25) is 9.69 Å². The quantitative estimate of drug-likeness (QED) is 0.666. The van der Waals surface area contributed by atoms with E-state index < -0.39 is 11.6 Å². The van der Waals surface area contributed by atoms with Crippen LogP contribution in [0.5, 0.6) is 5.75 Å². The van der Waals surface area contributed by atoms with Gasteiger partial charge in [-0.05, 0) is 18.2 Å². The Kier molecular flexibility index (Phi) is 4.02. The Morgan fingerprint density at radius 2 is 1.90 bits per heavy atom. The zero-order chi connectivity index (χ0) is 20.0. The van der Waals surface area contributed by atoms with E-state index in [0.717, 1.165) is 4.90 Å². The van der Waals surface area contributed by atoms with Gasteiger partial charge in [0.2, 0.25) is 11.8 Å². The second-order valence-corrected chi connectivity index (χ2v) is 7.21. The van der Waals surface area contributed by atoms with E-state index in [2.05, 4.69) is 15.5 Å². The molecule has 1 unspecified atom stereocenters. The van der Waals surface area contributed by atoms with Crippen LogP contribution < -0.4 is 10.1 Å². The first-order valence-electron chi connectivity index (χ1n) is 9.02. The normalized spacial score (nSPS) is 20.5. The topological polar surface area (TPSA) is 97.6 Å². The molecule has 2 aromatic carbocycles. The third-order valence-corrected chi connectivity index (χ3v) is 5.45. The number of carbonyl (C=O) groups is 2. The van der Waals surface area contributed by atoms with E-state index in [4.69, 9.17) is 20.8 Å². The second kappa shape index (κ2) is 6.59. The number of rotatable bonds is 3. The average Bonchev–Trinajstić information content (AvgIpc) is 3.28. The van der Waals surface area contributed by atoms with E-state index in [-0.39, 0.29) is 24.2 Å². The Labute approximate surface area is 170 Å². The minimum absolute atomic E-state index is 0.132. The molecule has 1 N–H and O–H groups in total. The predicted octanol–water partition coefficient (Wildman–Crippen LogP) is 3.12. The lowest BCUT2D eigenvalue weighted by Gasteiger charge is -2.33. The van der Waals surface area contributed by atoms with Gasteiger partial charge in [-0.2, -0.15) is 0 Å². The zero-order valence-electron chi connectivity index (χ0n) is 15.1. The zero-order valence-corrected chi connectivity index (χ0v) is 15.8. The van der Waals surface area contributed by atoms with Gasteiger partial charge >= 0.3 is 6.03 Å². The van der Waals surface area contributed by atoms with Gasteiger partial charge in [0.05, 0.1) is 17.2 Å². The SMILES string of the molecule is O=C1NC2(CCOc3ccccc32)C(=O)N1Cc1nnc(-c2ccccc2Cl)o1. The molecule has 1 spiro atoms. The van der Waals surface area contributed by atoms with Gasteiger partial charge in [-0.25, -0.2) is 4.79 Å². The number of ether oxygens (including phenoxy) is 1. The summed E-state index contributed by atoms with van der Waals surface area (Å²) in [7, 11) is 0. The van der Waals surface area contributed by atoms with Crippen LogP contribution in [-0.4, -0.2) is 33.6 Å². The number of nitrogens with zero attached hydrogens (tertiary/aromatic N) is 3. The molecule has 146 valence electrons. The maximum Gasteiger partial charge on any atom is 0.325 e. The highest BCUT2D eigenvalue weighted by Crippen LogP contribution is 2.41. The number of amides is 3. The summed E-state index contributed by atoms with van der Waals surface area (Å²) in [5, 5.41) is 11.3. The number of aromatic nitrogens is 2. The van der Waals surface area contributed by atoms with Gasteiger partial charge < -0.3 is 14.5 Å². The molecule has 1 saturated heterocycles. The number of urea groups is 1. The Hall–Kier alpha value is -3.39. The van der Waals surface area contributed by atoms with E-state index in [1.165, 1.54) is 0 Å². The van der Waals surface area contributed by atoms with Crippen molar-refractivity contribution in [2.45, 2.75) is 18.5 Å². The number of fused-ring (bicyclic) bond motifs is 2. The molecule has 1 atom stereocenters. The standard InChI is InChI=1S/C20H15ClN4O4/c21-14-7-3-1-5-12(14)17-24-23-16(29-17)11-25-18(26)20(22-19(25)27)9-10-28-15-8-4-2-6-13(15)20/h1-8H,9-11H2,(H,22,27). The number of halogens is 1. The molecular formula is C20H15ClN4O4. The summed E-state index contributed by atoms with van der Waals surface area (Å²) in [5.74, 6) is 0.591. The third kappa shape index (κ3) is 2.75. The lowest BCUT2D eigenvalue weighted by Crippen LogP contribution is -2.47. The van der Waals surface area contributed by atoms with Crippen molar-refractivity contribution in [3.63, 3.8) is 0 Å². The molecule has 2 aliphatic heterocycles. The van der Waals surface area contributed by atoms with Crippen LogP contribution in [0.3, 0.4) is 0 Å². The van der Waals surface area contributed by atoms with Gasteiger partial charge in [0.15, 0.2) is 5.54 Å². The Morgan fingerprint density at radius 1 is 1.10 bits per heavy atom. The van der Waals surface area contributed by atoms with Gasteiger partial charge in [-0.1, -0.05) is 41.9 Å². The Morgan fingerprint density at radius 3 is 2.76 bits per heavy atom. The molecule has 0 bridgehead atoms. The van der Waals surface area contributed by atoms with Crippen LogP contribution in [0.25, 0.3) is 11.5 Å². The highest BCUT2D eigenvalue weighted by Gasteiger charge is 2.55. The summed E-state index contributed by atoms with van der Waals surface area (Å²) in [6.45, 7) is 0.195. The number of imide groups is 1. The summed E-state index contributed by atoms with van der Waals surface area (Å²) >= 11 is 6.16. The first kappa shape index (κ1) is 17.7. The molecule has 0 radical (unpaired) electrons. The van der Waals surface area contributed by atoms with Crippen molar-refractivity contribution in [1.29, 1.82) is 0 Å². The molecule has 0 aliphatic carbocycles. The largest absolute Gasteiger partial charge is 0.493 e. The van der Waals surface area contributed by atoms with E-state index in [0.29, 0.717) is 34.9 Å². The lowest BCUT2D eigenvalue weighted by molar-refractivity contribution is -0.133. The molecule has 0 saturated carbocycles. The summed E-state index contributed by atoms with van der Waals surface area (Å²) in [4.78, 5) is 27.0. The van der Waals surface area contributed by atoms with Crippen molar-refractivity contribution in [1.82, 2.24) is 20.4 Å². The Bertz CT molecular complexity index is 1130. The maximum atomic E-state index is 13.3. The van der Waals surface area contributed by atoms with Gasteiger partial charge in [0, 0.05) is 12.0 Å². The first-order valence-corrected chi connectivity index (χ1v) is 9.40. The molecular weight excluding hydrogens is 396 g/mol.